The summed E-state index contributed by atoms with van der Waals surface area (Å²) < 4.78 is 0. The van der Waals surface area contributed by atoms with Crippen LogP contribution in [0.2, 0.25) is 5.15 Å². The minimum Gasteiger partial charge on any atom is -0.337 e. The first-order valence-corrected chi connectivity index (χ1v) is 5.71. The first-order valence-electron chi connectivity index (χ1n) is 5.34. The average molecular weight is 271 g/mol. The number of aromatic nitrogens is 1. The third-order valence-electron chi connectivity index (χ3n) is 2.78. The van der Waals surface area contributed by atoms with Gasteiger partial charge in [-0.15, -0.1) is 0 Å². The highest BCUT2D eigenvalue weighted by molar-refractivity contribution is 6.32. The van der Waals surface area contributed by atoms with Gasteiger partial charge in [-0.2, -0.15) is 0 Å². The largest absolute Gasteiger partial charge is 0.337 e. The molecular weight excluding hydrogens is 260 g/mol. The summed E-state index contributed by atoms with van der Waals surface area (Å²) in [7, 11) is 0. The van der Waals surface area contributed by atoms with Crippen LogP contribution in [0, 0.1) is 10.1 Å². The fourth-order valence-corrected chi connectivity index (χ4v) is 2.01. The summed E-state index contributed by atoms with van der Waals surface area (Å²) in [5.74, 6) is -0.371. The monoisotopic (exact) mass is 270 g/mol. The van der Waals surface area contributed by atoms with Gasteiger partial charge in [-0.05, 0) is 6.42 Å². The normalized spacial score (nSPS) is 19.0. The second-order valence-electron chi connectivity index (χ2n) is 4.09. The van der Waals surface area contributed by atoms with Crippen molar-refractivity contribution in [3.05, 3.63) is 33.1 Å². The van der Waals surface area contributed by atoms with E-state index in [-0.39, 0.29) is 28.4 Å². The molecule has 96 valence electrons. The molecule has 0 bridgehead atoms. The fraction of sp³-hybridized carbons (Fsp3) is 0.400. The maximum Gasteiger partial charge on any atom is 0.288 e. The standard InChI is InChI=1S/C10H11ClN4O3/c11-9-8(3-7(4-13-9)15(17)18)10(16)14-2-1-6(12)5-14/h3-4,6H,1-2,5,12H2/t6-/m1/s1. The molecular formula is C10H11ClN4O3. The zero-order valence-electron chi connectivity index (χ0n) is 9.38. The molecule has 1 atom stereocenters. The molecule has 1 aromatic heterocycles. The molecule has 7 nitrogen and oxygen atoms in total. The van der Waals surface area contributed by atoms with Gasteiger partial charge in [0.25, 0.3) is 11.6 Å². The molecule has 0 aliphatic carbocycles. The van der Waals surface area contributed by atoms with Gasteiger partial charge in [0, 0.05) is 25.2 Å². The van der Waals surface area contributed by atoms with Gasteiger partial charge in [-0.1, -0.05) is 11.6 Å². The summed E-state index contributed by atoms with van der Waals surface area (Å²) in [5, 5.41) is 10.6. The number of carbonyl (C=O) groups is 1. The summed E-state index contributed by atoms with van der Waals surface area (Å²) in [5.41, 5.74) is 5.49. The van der Waals surface area contributed by atoms with E-state index in [1.54, 1.807) is 0 Å². The summed E-state index contributed by atoms with van der Waals surface area (Å²) in [6.07, 6.45) is 1.74. The zero-order chi connectivity index (χ0) is 13.3. The van der Waals surface area contributed by atoms with Crippen LogP contribution in [0.1, 0.15) is 16.8 Å². The van der Waals surface area contributed by atoms with Crippen molar-refractivity contribution in [1.29, 1.82) is 0 Å². The first-order chi connectivity index (χ1) is 8.49. The van der Waals surface area contributed by atoms with E-state index in [0.717, 1.165) is 12.3 Å². The predicted molar refractivity (Wildman–Crippen MR) is 64.4 cm³/mol. The molecule has 2 N–H and O–H groups in total. The van der Waals surface area contributed by atoms with Crippen molar-refractivity contribution in [3.8, 4) is 0 Å². The smallest absolute Gasteiger partial charge is 0.288 e. The lowest BCUT2D eigenvalue weighted by Gasteiger charge is -2.15. The number of amides is 1. The van der Waals surface area contributed by atoms with E-state index in [9.17, 15) is 14.9 Å². The Hall–Kier alpha value is -1.73. The zero-order valence-corrected chi connectivity index (χ0v) is 10.1. The molecule has 1 amide bonds. The van der Waals surface area contributed by atoms with Gasteiger partial charge in [-0.3, -0.25) is 14.9 Å². The second-order valence-corrected chi connectivity index (χ2v) is 4.45. The molecule has 1 saturated heterocycles. The van der Waals surface area contributed by atoms with E-state index in [2.05, 4.69) is 4.98 Å². The quantitative estimate of drug-likeness (QED) is 0.487. The van der Waals surface area contributed by atoms with Crippen LogP contribution in [0.15, 0.2) is 12.3 Å². The van der Waals surface area contributed by atoms with Gasteiger partial charge in [0.15, 0.2) is 0 Å². The number of carbonyl (C=O) groups excluding carboxylic acids is 1. The van der Waals surface area contributed by atoms with Crippen LogP contribution in [-0.4, -0.2) is 39.8 Å². The number of hydrogen-bond acceptors (Lipinski definition) is 5. The van der Waals surface area contributed by atoms with Gasteiger partial charge >= 0.3 is 0 Å². The molecule has 8 heteroatoms. The Balaban J connectivity index is 2.29. The maximum atomic E-state index is 12.1. The van der Waals surface area contributed by atoms with E-state index in [4.69, 9.17) is 17.3 Å². The van der Waals surface area contributed by atoms with Crippen molar-refractivity contribution in [2.24, 2.45) is 5.73 Å². The summed E-state index contributed by atoms with van der Waals surface area (Å²) in [6.45, 7) is 0.955. The van der Waals surface area contributed by atoms with Crippen molar-refractivity contribution < 1.29 is 9.72 Å². The average Bonchev–Trinajstić information content (AvgIpc) is 2.75. The highest BCUT2D eigenvalue weighted by atomic mass is 35.5. The molecule has 0 spiro atoms. The molecule has 1 aliphatic rings. The van der Waals surface area contributed by atoms with E-state index in [1.165, 1.54) is 4.90 Å². The molecule has 1 aliphatic heterocycles. The molecule has 1 aromatic rings. The predicted octanol–water partition coefficient (Wildman–Crippen LogP) is 0.816. The second kappa shape index (κ2) is 4.87. The maximum absolute atomic E-state index is 12.1. The van der Waals surface area contributed by atoms with Crippen LogP contribution in [0.25, 0.3) is 0 Å². The molecule has 18 heavy (non-hydrogen) atoms. The summed E-state index contributed by atoms with van der Waals surface area (Å²) >= 11 is 5.80. The SMILES string of the molecule is N[C@@H]1CCN(C(=O)c2cc([N+](=O)[O-])cnc2Cl)C1. The lowest BCUT2D eigenvalue weighted by molar-refractivity contribution is -0.385. The Morgan fingerprint density at radius 1 is 1.67 bits per heavy atom. The third kappa shape index (κ3) is 2.41. The van der Waals surface area contributed by atoms with Gasteiger partial charge in [0.1, 0.15) is 11.3 Å². The van der Waals surface area contributed by atoms with Gasteiger partial charge in [0.05, 0.1) is 10.5 Å². The molecule has 2 rings (SSSR count). The summed E-state index contributed by atoms with van der Waals surface area (Å²) in [6, 6.07) is 1.08. The highest BCUT2D eigenvalue weighted by Crippen LogP contribution is 2.22. The minimum atomic E-state index is -0.615. The van der Waals surface area contributed by atoms with Crippen molar-refractivity contribution >= 4 is 23.2 Å². The van der Waals surface area contributed by atoms with E-state index < -0.39 is 4.92 Å². The van der Waals surface area contributed by atoms with Crippen LogP contribution in [0.3, 0.4) is 0 Å². The van der Waals surface area contributed by atoms with Crippen molar-refractivity contribution in [1.82, 2.24) is 9.88 Å². The number of pyridine rings is 1. The number of nitro groups is 1. The Kier molecular flexibility index (Phi) is 3.44. The molecule has 1 fully saturated rings. The van der Waals surface area contributed by atoms with Gasteiger partial charge in [-0.25, -0.2) is 4.98 Å². The Morgan fingerprint density at radius 2 is 2.39 bits per heavy atom. The van der Waals surface area contributed by atoms with Crippen LogP contribution in [0.5, 0.6) is 0 Å². The third-order valence-corrected chi connectivity index (χ3v) is 3.08. The van der Waals surface area contributed by atoms with Gasteiger partial charge in [0.2, 0.25) is 0 Å². The van der Waals surface area contributed by atoms with Crippen molar-refractivity contribution in [2.45, 2.75) is 12.5 Å². The molecule has 0 saturated carbocycles. The lowest BCUT2D eigenvalue weighted by Crippen LogP contribution is -2.32. The number of rotatable bonds is 2. The number of likely N-dealkylation sites (tertiary alicyclic amines) is 1. The first kappa shape index (κ1) is 12.7. The highest BCUT2D eigenvalue weighted by Gasteiger charge is 2.27. The van der Waals surface area contributed by atoms with Crippen LogP contribution in [0.4, 0.5) is 5.69 Å². The Bertz CT molecular complexity index is 508. The van der Waals surface area contributed by atoms with Gasteiger partial charge < -0.3 is 10.6 Å². The number of nitrogens with two attached hydrogens (primary N) is 1. The summed E-state index contributed by atoms with van der Waals surface area (Å²) in [4.78, 5) is 27.3. The number of halogens is 1. The lowest BCUT2D eigenvalue weighted by atomic mass is 10.2. The molecule has 0 radical (unpaired) electrons. The van der Waals surface area contributed by atoms with Crippen LogP contribution < -0.4 is 5.73 Å². The van der Waals surface area contributed by atoms with Crippen LogP contribution >= 0.6 is 11.6 Å². The Labute approximate surface area is 108 Å². The molecule has 0 aromatic carbocycles. The minimum absolute atomic E-state index is 0.0360. The van der Waals surface area contributed by atoms with Crippen molar-refractivity contribution in [3.63, 3.8) is 0 Å². The van der Waals surface area contributed by atoms with E-state index >= 15 is 0 Å². The number of hydrogen-bond donors (Lipinski definition) is 1. The van der Waals surface area contributed by atoms with E-state index in [1.807, 2.05) is 0 Å². The van der Waals surface area contributed by atoms with Crippen molar-refractivity contribution in [2.75, 3.05) is 13.1 Å². The van der Waals surface area contributed by atoms with Crippen LogP contribution in [-0.2, 0) is 0 Å². The topological polar surface area (TPSA) is 102 Å². The molecule has 2 heterocycles. The number of nitrogens with zero attached hydrogens (tertiary/aromatic N) is 3. The fourth-order valence-electron chi connectivity index (χ4n) is 1.83. The van der Waals surface area contributed by atoms with E-state index in [0.29, 0.717) is 19.5 Å². The Morgan fingerprint density at radius 3 is 2.94 bits per heavy atom. The molecule has 0 unspecified atom stereocenters.